The van der Waals surface area contributed by atoms with Crippen molar-refractivity contribution in [3.8, 4) is 0 Å². The standard InChI is InChI=1S/C17H37O4P/c1-16(2)12-8-5-6-10-14-20-22(18,19)21-15-11-7-9-13-17(3)4/h16-17H,5-15H2,1-4H3,(H,18,19). The van der Waals surface area contributed by atoms with Gasteiger partial charge in [-0.3, -0.25) is 9.05 Å². The second-order valence-corrected chi connectivity index (χ2v) is 8.43. The van der Waals surface area contributed by atoms with Crippen LogP contribution in [-0.2, 0) is 13.6 Å². The highest BCUT2D eigenvalue weighted by molar-refractivity contribution is 7.47. The first-order chi connectivity index (χ1) is 10.3. The molecule has 0 aliphatic carbocycles. The maximum Gasteiger partial charge on any atom is 0.472 e. The van der Waals surface area contributed by atoms with E-state index in [4.69, 9.17) is 9.05 Å². The largest absolute Gasteiger partial charge is 0.472 e. The molecule has 0 aliphatic heterocycles. The van der Waals surface area contributed by atoms with Gasteiger partial charge in [-0.05, 0) is 24.7 Å². The van der Waals surface area contributed by atoms with Gasteiger partial charge < -0.3 is 4.89 Å². The zero-order valence-electron chi connectivity index (χ0n) is 15.1. The lowest BCUT2D eigenvalue weighted by Crippen LogP contribution is -1.99. The normalized spacial score (nSPS) is 14.7. The molecule has 0 radical (unpaired) electrons. The van der Waals surface area contributed by atoms with Gasteiger partial charge in [-0.1, -0.05) is 72.6 Å². The van der Waals surface area contributed by atoms with Crippen LogP contribution in [0.1, 0.15) is 85.5 Å². The summed E-state index contributed by atoms with van der Waals surface area (Å²) >= 11 is 0. The Morgan fingerprint density at radius 3 is 1.50 bits per heavy atom. The Balaban J connectivity index is 3.43. The fourth-order valence-corrected chi connectivity index (χ4v) is 3.03. The van der Waals surface area contributed by atoms with Gasteiger partial charge in [-0.2, -0.15) is 0 Å². The van der Waals surface area contributed by atoms with Crippen LogP contribution in [0.2, 0.25) is 0 Å². The average Bonchev–Trinajstić information content (AvgIpc) is 2.41. The molecule has 0 bridgehead atoms. The molecular formula is C17H37O4P. The molecule has 0 aliphatic rings. The summed E-state index contributed by atoms with van der Waals surface area (Å²) < 4.78 is 21.6. The molecule has 0 saturated carbocycles. The van der Waals surface area contributed by atoms with Crippen molar-refractivity contribution in [1.29, 1.82) is 0 Å². The molecule has 0 heterocycles. The van der Waals surface area contributed by atoms with Crippen LogP contribution < -0.4 is 0 Å². The molecule has 1 atom stereocenters. The van der Waals surface area contributed by atoms with Gasteiger partial charge in [0.1, 0.15) is 0 Å². The molecule has 0 aromatic rings. The van der Waals surface area contributed by atoms with E-state index in [-0.39, 0.29) is 0 Å². The second kappa shape index (κ2) is 13.5. The minimum atomic E-state index is -3.83. The molecule has 4 nitrogen and oxygen atoms in total. The Kier molecular flexibility index (Phi) is 13.6. The van der Waals surface area contributed by atoms with Crippen LogP contribution in [0.15, 0.2) is 0 Å². The molecule has 0 saturated heterocycles. The fourth-order valence-electron chi connectivity index (χ4n) is 2.24. The third-order valence-electron chi connectivity index (χ3n) is 3.61. The van der Waals surface area contributed by atoms with E-state index in [1.807, 2.05) is 0 Å². The molecule has 1 N–H and O–H groups in total. The van der Waals surface area contributed by atoms with Crippen molar-refractivity contribution >= 4 is 7.82 Å². The number of phosphoric ester groups is 1. The SMILES string of the molecule is CC(C)CCCCCCOP(=O)(O)OCCCCCC(C)C. The van der Waals surface area contributed by atoms with Crippen molar-refractivity contribution in [3.63, 3.8) is 0 Å². The molecule has 134 valence electrons. The van der Waals surface area contributed by atoms with Crippen molar-refractivity contribution in [3.05, 3.63) is 0 Å². The Labute approximate surface area is 137 Å². The molecule has 22 heavy (non-hydrogen) atoms. The van der Waals surface area contributed by atoms with Crippen molar-refractivity contribution in [2.75, 3.05) is 13.2 Å². The van der Waals surface area contributed by atoms with E-state index in [1.54, 1.807) is 0 Å². The predicted molar refractivity (Wildman–Crippen MR) is 93.0 cm³/mol. The summed E-state index contributed by atoms with van der Waals surface area (Å²) in [7, 11) is -3.83. The van der Waals surface area contributed by atoms with Crippen LogP contribution in [0.4, 0.5) is 0 Å². The lowest BCUT2D eigenvalue weighted by Gasteiger charge is -2.12. The van der Waals surface area contributed by atoms with E-state index < -0.39 is 7.82 Å². The van der Waals surface area contributed by atoms with Crippen LogP contribution in [-0.4, -0.2) is 18.1 Å². The topological polar surface area (TPSA) is 55.8 Å². The molecule has 0 aromatic heterocycles. The first-order valence-electron chi connectivity index (χ1n) is 8.95. The Bertz CT molecular complexity index is 292. The molecule has 0 spiro atoms. The van der Waals surface area contributed by atoms with Gasteiger partial charge in [0.2, 0.25) is 0 Å². The van der Waals surface area contributed by atoms with Gasteiger partial charge in [0.15, 0.2) is 0 Å². The molecule has 0 fully saturated rings. The molecule has 0 amide bonds. The number of rotatable bonds is 15. The lowest BCUT2D eigenvalue weighted by atomic mass is 10.0. The van der Waals surface area contributed by atoms with Crippen molar-refractivity contribution < 1.29 is 18.5 Å². The monoisotopic (exact) mass is 336 g/mol. The van der Waals surface area contributed by atoms with E-state index >= 15 is 0 Å². The Morgan fingerprint density at radius 2 is 1.09 bits per heavy atom. The molecular weight excluding hydrogens is 299 g/mol. The lowest BCUT2D eigenvalue weighted by molar-refractivity contribution is 0.145. The third kappa shape index (κ3) is 16.5. The minimum Gasteiger partial charge on any atom is -0.302 e. The highest BCUT2D eigenvalue weighted by Crippen LogP contribution is 2.43. The second-order valence-electron chi connectivity index (χ2n) is 6.97. The minimum absolute atomic E-state index is 0.306. The first kappa shape index (κ1) is 22.1. The number of hydrogen-bond donors (Lipinski definition) is 1. The smallest absolute Gasteiger partial charge is 0.302 e. The summed E-state index contributed by atoms with van der Waals surface area (Å²) in [6, 6.07) is 0. The maximum absolute atomic E-state index is 11.6. The highest BCUT2D eigenvalue weighted by Gasteiger charge is 2.19. The summed E-state index contributed by atoms with van der Waals surface area (Å²) in [5.74, 6) is 1.47. The fraction of sp³-hybridized carbons (Fsp3) is 1.00. The Morgan fingerprint density at radius 1 is 0.727 bits per heavy atom. The van der Waals surface area contributed by atoms with Gasteiger partial charge in [-0.25, -0.2) is 4.57 Å². The summed E-state index contributed by atoms with van der Waals surface area (Å²) in [6.45, 7) is 9.48. The summed E-state index contributed by atoms with van der Waals surface area (Å²) in [5, 5.41) is 0. The van der Waals surface area contributed by atoms with Gasteiger partial charge in [0, 0.05) is 0 Å². The highest BCUT2D eigenvalue weighted by atomic mass is 31.2. The molecule has 5 heteroatoms. The van der Waals surface area contributed by atoms with Crippen LogP contribution in [0, 0.1) is 11.8 Å². The van der Waals surface area contributed by atoms with Crippen molar-refractivity contribution in [1.82, 2.24) is 0 Å². The zero-order valence-corrected chi connectivity index (χ0v) is 15.9. The number of hydrogen-bond acceptors (Lipinski definition) is 3. The Hall–Kier alpha value is 0.110. The van der Waals surface area contributed by atoms with Crippen LogP contribution >= 0.6 is 7.82 Å². The summed E-state index contributed by atoms with van der Waals surface area (Å²) in [4.78, 5) is 9.55. The van der Waals surface area contributed by atoms with Gasteiger partial charge in [-0.15, -0.1) is 0 Å². The van der Waals surface area contributed by atoms with Crippen LogP contribution in [0.25, 0.3) is 0 Å². The summed E-state index contributed by atoms with van der Waals surface area (Å²) in [5.41, 5.74) is 0. The predicted octanol–water partition coefficient (Wildman–Crippen LogP) is 5.94. The van der Waals surface area contributed by atoms with Gasteiger partial charge in [0.05, 0.1) is 13.2 Å². The maximum atomic E-state index is 11.6. The van der Waals surface area contributed by atoms with E-state index in [1.165, 1.54) is 19.3 Å². The van der Waals surface area contributed by atoms with E-state index in [0.717, 1.165) is 44.4 Å². The van der Waals surface area contributed by atoms with E-state index in [0.29, 0.717) is 19.1 Å². The van der Waals surface area contributed by atoms with Crippen LogP contribution in [0.3, 0.4) is 0 Å². The van der Waals surface area contributed by atoms with E-state index in [9.17, 15) is 9.46 Å². The van der Waals surface area contributed by atoms with Gasteiger partial charge >= 0.3 is 7.82 Å². The number of phosphoric acid groups is 1. The van der Waals surface area contributed by atoms with Crippen molar-refractivity contribution in [2.24, 2.45) is 11.8 Å². The summed E-state index contributed by atoms with van der Waals surface area (Å²) in [6.07, 6.45) is 9.69. The molecule has 0 rings (SSSR count). The third-order valence-corrected chi connectivity index (χ3v) is 4.63. The molecule has 0 aromatic carbocycles. The van der Waals surface area contributed by atoms with Gasteiger partial charge in [0.25, 0.3) is 0 Å². The molecule has 1 unspecified atom stereocenters. The zero-order chi connectivity index (χ0) is 16.8. The van der Waals surface area contributed by atoms with Crippen LogP contribution in [0.5, 0.6) is 0 Å². The van der Waals surface area contributed by atoms with Crippen molar-refractivity contribution in [2.45, 2.75) is 85.5 Å². The quantitative estimate of drug-likeness (QED) is 0.297. The average molecular weight is 336 g/mol. The number of unbranched alkanes of at least 4 members (excludes halogenated alkanes) is 5. The first-order valence-corrected chi connectivity index (χ1v) is 10.4. The van der Waals surface area contributed by atoms with E-state index in [2.05, 4.69) is 27.7 Å².